The SMILES string of the molecule is COc1cccc(C2C(S(=O)(=O)NCc3cccc(C(F)(F)F)c3)CON2C)c1. The Morgan fingerprint density at radius 1 is 1.21 bits per heavy atom. The van der Waals surface area contributed by atoms with Crippen molar-refractivity contribution < 1.29 is 31.2 Å². The molecule has 29 heavy (non-hydrogen) atoms. The minimum Gasteiger partial charge on any atom is -0.497 e. The molecule has 0 amide bonds. The predicted octanol–water partition coefficient (Wildman–Crippen LogP) is 3.12. The molecule has 1 heterocycles. The van der Waals surface area contributed by atoms with Gasteiger partial charge in [0.05, 0.1) is 25.3 Å². The summed E-state index contributed by atoms with van der Waals surface area (Å²) in [6.07, 6.45) is -4.49. The molecule has 0 saturated carbocycles. The van der Waals surface area contributed by atoms with Gasteiger partial charge in [0, 0.05) is 13.6 Å². The largest absolute Gasteiger partial charge is 0.497 e. The summed E-state index contributed by atoms with van der Waals surface area (Å²) in [5, 5.41) is 0.522. The lowest BCUT2D eigenvalue weighted by atomic mass is 10.0. The zero-order chi connectivity index (χ0) is 21.2. The Bertz CT molecular complexity index is 966. The average Bonchev–Trinajstić information content (AvgIpc) is 3.08. The minimum atomic E-state index is -4.49. The maximum atomic E-state index is 12.9. The quantitative estimate of drug-likeness (QED) is 0.763. The van der Waals surface area contributed by atoms with Crippen molar-refractivity contribution in [3.63, 3.8) is 0 Å². The highest BCUT2D eigenvalue weighted by Gasteiger charge is 2.43. The number of sulfonamides is 1. The number of nitrogens with zero attached hydrogens (tertiary/aromatic N) is 1. The Balaban J connectivity index is 1.79. The Morgan fingerprint density at radius 3 is 2.62 bits per heavy atom. The lowest BCUT2D eigenvalue weighted by Crippen LogP contribution is -2.39. The molecule has 1 aliphatic rings. The first-order chi connectivity index (χ1) is 13.6. The van der Waals surface area contributed by atoms with Crippen molar-refractivity contribution in [3.05, 3.63) is 65.2 Å². The van der Waals surface area contributed by atoms with E-state index in [9.17, 15) is 21.6 Å². The highest BCUT2D eigenvalue weighted by Crippen LogP contribution is 2.35. The molecule has 1 fully saturated rings. The van der Waals surface area contributed by atoms with Gasteiger partial charge in [-0.3, -0.25) is 4.84 Å². The van der Waals surface area contributed by atoms with Crippen molar-refractivity contribution >= 4 is 10.0 Å². The Labute approximate surface area is 167 Å². The second-order valence-electron chi connectivity index (χ2n) is 6.67. The number of ether oxygens (including phenoxy) is 1. The second kappa shape index (κ2) is 8.31. The van der Waals surface area contributed by atoms with Crippen LogP contribution >= 0.6 is 0 Å². The van der Waals surface area contributed by atoms with E-state index in [1.54, 1.807) is 31.3 Å². The summed E-state index contributed by atoms with van der Waals surface area (Å²) in [5.41, 5.74) is 0.0831. The van der Waals surface area contributed by atoms with E-state index in [0.717, 1.165) is 12.1 Å². The lowest BCUT2D eigenvalue weighted by molar-refractivity contribution is -0.137. The predicted molar refractivity (Wildman–Crippen MR) is 100 cm³/mol. The topological polar surface area (TPSA) is 67.9 Å². The number of hydrogen-bond acceptors (Lipinski definition) is 5. The number of halogens is 3. The number of rotatable bonds is 6. The van der Waals surface area contributed by atoms with Gasteiger partial charge in [-0.15, -0.1) is 0 Å². The normalized spacial score (nSPS) is 20.7. The number of hydrogen-bond donors (Lipinski definition) is 1. The number of alkyl halides is 3. The van der Waals surface area contributed by atoms with Crippen LogP contribution in [-0.4, -0.2) is 39.5 Å². The van der Waals surface area contributed by atoms with Crippen LogP contribution in [-0.2, 0) is 27.6 Å². The van der Waals surface area contributed by atoms with Gasteiger partial charge in [-0.05, 0) is 29.3 Å². The van der Waals surface area contributed by atoms with Crippen molar-refractivity contribution in [2.75, 3.05) is 20.8 Å². The van der Waals surface area contributed by atoms with Crippen LogP contribution in [0.1, 0.15) is 22.7 Å². The van der Waals surface area contributed by atoms with Crippen LogP contribution in [0.2, 0.25) is 0 Å². The monoisotopic (exact) mass is 430 g/mol. The molecule has 1 aliphatic heterocycles. The van der Waals surface area contributed by atoms with Gasteiger partial charge in [-0.2, -0.15) is 18.2 Å². The average molecular weight is 430 g/mol. The number of benzene rings is 2. The molecule has 6 nitrogen and oxygen atoms in total. The molecule has 10 heteroatoms. The van der Waals surface area contributed by atoms with Crippen LogP contribution in [0.25, 0.3) is 0 Å². The fourth-order valence-electron chi connectivity index (χ4n) is 3.25. The third-order valence-electron chi connectivity index (χ3n) is 4.75. The fourth-order valence-corrected chi connectivity index (χ4v) is 4.74. The van der Waals surface area contributed by atoms with Gasteiger partial charge in [0.1, 0.15) is 11.0 Å². The molecule has 2 unspecified atom stereocenters. The Morgan fingerprint density at radius 2 is 1.93 bits per heavy atom. The third-order valence-corrected chi connectivity index (χ3v) is 6.49. The zero-order valence-corrected chi connectivity index (χ0v) is 16.6. The third kappa shape index (κ3) is 4.89. The van der Waals surface area contributed by atoms with Gasteiger partial charge in [0.2, 0.25) is 10.0 Å². The first kappa shape index (κ1) is 21.6. The number of methoxy groups -OCH3 is 1. The lowest BCUT2D eigenvalue weighted by Gasteiger charge is -2.23. The fraction of sp³-hybridized carbons (Fsp3) is 0.368. The molecule has 1 saturated heterocycles. The molecule has 2 atom stereocenters. The van der Waals surface area contributed by atoms with Gasteiger partial charge in [0.15, 0.2) is 0 Å². The van der Waals surface area contributed by atoms with Gasteiger partial charge in [0.25, 0.3) is 0 Å². The van der Waals surface area contributed by atoms with Crippen LogP contribution in [0.3, 0.4) is 0 Å². The summed E-state index contributed by atoms with van der Waals surface area (Å²) in [6, 6.07) is 11.0. The van der Waals surface area contributed by atoms with E-state index >= 15 is 0 Å². The smallest absolute Gasteiger partial charge is 0.416 e. The van der Waals surface area contributed by atoms with E-state index in [1.807, 2.05) is 0 Å². The van der Waals surface area contributed by atoms with Crippen LogP contribution in [0, 0.1) is 0 Å². The summed E-state index contributed by atoms with van der Waals surface area (Å²) in [4.78, 5) is 5.43. The van der Waals surface area contributed by atoms with Gasteiger partial charge < -0.3 is 4.74 Å². The summed E-state index contributed by atoms with van der Waals surface area (Å²) in [5.74, 6) is 0.580. The molecule has 0 radical (unpaired) electrons. The Hall–Kier alpha value is -2.14. The molecule has 0 aromatic heterocycles. The summed E-state index contributed by atoms with van der Waals surface area (Å²) in [7, 11) is -0.751. The highest BCUT2D eigenvalue weighted by atomic mass is 32.2. The van der Waals surface area contributed by atoms with Gasteiger partial charge in [-0.25, -0.2) is 13.1 Å². The second-order valence-corrected chi connectivity index (χ2v) is 8.65. The van der Waals surface area contributed by atoms with Gasteiger partial charge in [-0.1, -0.05) is 30.3 Å². The van der Waals surface area contributed by atoms with Crippen molar-refractivity contribution in [2.24, 2.45) is 0 Å². The highest BCUT2D eigenvalue weighted by molar-refractivity contribution is 7.90. The molecule has 2 aromatic carbocycles. The zero-order valence-electron chi connectivity index (χ0n) is 15.8. The van der Waals surface area contributed by atoms with Crippen molar-refractivity contribution in [2.45, 2.75) is 24.0 Å². The molecular formula is C19H21F3N2O4S. The van der Waals surface area contributed by atoms with Crippen LogP contribution < -0.4 is 9.46 Å². The first-order valence-corrected chi connectivity index (χ1v) is 10.3. The van der Waals surface area contributed by atoms with E-state index in [4.69, 9.17) is 9.57 Å². The number of hydroxylamine groups is 2. The van der Waals surface area contributed by atoms with Crippen LogP contribution in [0.4, 0.5) is 13.2 Å². The standard InChI is InChI=1S/C19H21F3N2O4S/c1-24-18(14-6-4-8-16(10-14)27-2)17(12-28-24)29(25,26)23-11-13-5-3-7-15(9-13)19(20,21)22/h3-10,17-18,23H,11-12H2,1-2H3. The summed E-state index contributed by atoms with van der Waals surface area (Å²) in [6.45, 7) is -0.326. The van der Waals surface area contributed by atoms with Crippen molar-refractivity contribution in [1.29, 1.82) is 0 Å². The van der Waals surface area contributed by atoms with Crippen LogP contribution in [0.5, 0.6) is 5.75 Å². The molecule has 3 rings (SSSR count). The molecule has 0 aliphatic carbocycles. The van der Waals surface area contributed by atoms with Crippen molar-refractivity contribution in [3.8, 4) is 5.75 Å². The summed E-state index contributed by atoms with van der Waals surface area (Å²) < 4.78 is 72.0. The van der Waals surface area contributed by atoms with Crippen molar-refractivity contribution in [1.82, 2.24) is 9.79 Å². The van der Waals surface area contributed by atoms with Gasteiger partial charge >= 0.3 is 6.18 Å². The molecule has 1 N–H and O–H groups in total. The van der Waals surface area contributed by atoms with E-state index in [-0.39, 0.29) is 18.7 Å². The molecular weight excluding hydrogens is 409 g/mol. The molecule has 158 valence electrons. The maximum absolute atomic E-state index is 12.9. The van der Waals surface area contributed by atoms with Crippen LogP contribution in [0.15, 0.2) is 48.5 Å². The summed E-state index contributed by atoms with van der Waals surface area (Å²) >= 11 is 0. The minimum absolute atomic E-state index is 0.0731. The van der Waals surface area contributed by atoms with E-state index in [1.165, 1.54) is 24.3 Å². The Kier molecular flexibility index (Phi) is 6.18. The van der Waals surface area contributed by atoms with E-state index < -0.39 is 33.1 Å². The molecule has 0 bridgehead atoms. The maximum Gasteiger partial charge on any atom is 0.416 e. The molecule has 2 aromatic rings. The first-order valence-electron chi connectivity index (χ1n) is 8.76. The number of nitrogens with one attached hydrogen (secondary N) is 1. The molecule has 0 spiro atoms. The van der Waals surface area contributed by atoms with E-state index in [2.05, 4.69) is 4.72 Å². The van der Waals surface area contributed by atoms with E-state index in [0.29, 0.717) is 11.3 Å².